The van der Waals surface area contributed by atoms with Crippen LogP contribution in [0.2, 0.25) is 0 Å². The Morgan fingerprint density at radius 2 is 0.660 bits per heavy atom. The van der Waals surface area contributed by atoms with E-state index < -0.39 is 6.10 Å². The predicted molar refractivity (Wildman–Crippen MR) is 224 cm³/mol. The van der Waals surface area contributed by atoms with Gasteiger partial charge in [-0.05, 0) is 31.1 Å². The van der Waals surface area contributed by atoms with Gasteiger partial charge in [-0.2, -0.15) is 0 Å². The van der Waals surface area contributed by atoms with Crippen molar-refractivity contribution in [3.05, 3.63) is 0 Å². The second-order valence-corrected chi connectivity index (χ2v) is 16.5. The number of unbranched alkanes of at least 4 members (excludes halogenated alkanes) is 24. The lowest BCUT2D eigenvalue weighted by Gasteiger charge is -2.18. The smallest absolute Gasteiger partial charge is 0.306 e. The normalized spacial score (nSPS) is 13.1. The molecule has 3 atom stereocenters. The lowest BCUT2D eigenvalue weighted by molar-refractivity contribution is -0.167. The first-order valence-electron chi connectivity index (χ1n) is 23.3. The largest absolute Gasteiger partial charge is 0.462 e. The summed E-state index contributed by atoms with van der Waals surface area (Å²) in [6.45, 7) is 11.4. The summed E-state index contributed by atoms with van der Waals surface area (Å²) in [5.41, 5.74) is 0. The molecule has 0 saturated carbocycles. The molecule has 0 radical (unpaired) electrons. The monoisotopic (exact) mass is 751 g/mol. The van der Waals surface area contributed by atoms with Crippen LogP contribution in [0.1, 0.15) is 253 Å². The lowest BCUT2D eigenvalue weighted by Crippen LogP contribution is -2.30. The molecule has 53 heavy (non-hydrogen) atoms. The van der Waals surface area contributed by atoms with Crippen LogP contribution in [0.3, 0.4) is 0 Å². The Balaban J connectivity index is 4.34. The van der Waals surface area contributed by atoms with Crippen molar-refractivity contribution in [2.45, 2.75) is 259 Å². The molecule has 0 spiro atoms. The fraction of sp³-hybridized carbons (Fsp3) is 0.936. The van der Waals surface area contributed by atoms with Crippen molar-refractivity contribution in [2.75, 3.05) is 13.2 Å². The first kappa shape index (κ1) is 51.4. The van der Waals surface area contributed by atoms with Crippen molar-refractivity contribution in [1.29, 1.82) is 0 Å². The molecule has 0 bridgehead atoms. The van der Waals surface area contributed by atoms with Crippen LogP contribution in [0.25, 0.3) is 0 Å². The summed E-state index contributed by atoms with van der Waals surface area (Å²) < 4.78 is 16.7. The fourth-order valence-corrected chi connectivity index (χ4v) is 6.86. The molecule has 0 aliphatic carbocycles. The van der Waals surface area contributed by atoms with E-state index in [0.717, 1.165) is 69.6 Å². The number of carbonyl (C=O) groups is 3. The molecule has 0 N–H and O–H groups in total. The average molecular weight is 751 g/mol. The second-order valence-electron chi connectivity index (χ2n) is 16.5. The average Bonchev–Trinajstić information content (AvgIpc) is 3.15. The molecule has 0 fully saturated rings. The van der Waals surface area contributed by atoms with Crippen LogP contribution in [0.5, 0.6) is 0 Å². The van der Waals surface area contributed by atoms with E-state index in [1.165, 1.54) is 141 Å². The third-order valence-electron chi connectivity index (χ3n) is 11.2. The Morgan fingerprint density at radius 1 is 0.377 bits per heavy atom. The molecule has 0 heterocycles. The molecule has 0 aliphatic heterocycles. The van der Waals surface area contributed by atoms with E-state index in [0.29, 0.717) is 19.3 Å². The molecule has 2 unspecified atom stereocenters. The number of hydrogen-bond acceptors (Lipinski definition) is 6. The molecule has 0 saturated heterocycles. The van der Waals surface area contributed by atoms with Gasteiger partial charge in [-0.1, -0.05) is 214 Å². The summed E-state index contributed by atoms with van der Waals surface area (Å²) in [4.78, 5) is 37.7. The van der Waals surface area contributed by atoms with Gasteiger partial charge in [-0.15, -0.1) is 0 Å². The summed E-state index contributed by atoms with van der Waals surface area (Å²) in [5, 5.41) is 0. The molecule has 0 aliphatic rings. The maximum Gasteiger partial charge on any atom is 0.306 e. The molecule has 0 rings (SSSR count). The lowest BCUT2D eigenvalue weighted by atomic mass is 9.99. The molecular weight excluding hydrogens is 661 g/mol. The molecule has 0 aromatic heterocycles. The van der Waals surface area contributed by atoms with E-state index in [1.807, 2.05) is 0 Å². The maximum absolute atomic E-state index is 12.7. The summed E-state index contributed by atoms with van der Waals surface area (Å²) in [6, 6.07) is 0. The van der Waals surface area contributed by atoms with Crippen molar-refractivity contribution < 1.29 is 28.6 Å². The fourth-order valence-electron chi connectivity index (χ4n) is 6.86. The Morgan fingerprint density at radius 3 is 0.981 bits per heavy atom. The van der Waals surface area contributed by atoms with Crippen molar-refractivity contribution in [1.82, 2.24) is 0 Å². The minimum Gasteiger partial charge on any atom is -0.462 e. The van der Waals surface area contributed by atoms with Gasteiger partial charge >= 0.3 is 17.9 Å². The zero-order chi connectivity index (χ0) is 39.0. The highest BCUT2D eigenvalue weighted by atomic mass is 16.6. The van der Waals surface area contributed by atoms with E-state index in [1.54, 1.807) is 0 Å². The van der Waals surface area contributed by atoms with Gasteiger partial charge in [-0.3, -0.25) is 14.4 Å². The number of rotatable bonds is 41. The van der Waals surface area contributed by atoms with Crippen LogP contribution in [0.4, 0.5) is 0 Å². The van der Waals surface area contributed by atoms with E-state index >= 15 is 0 Å². The van der Waals surface area contributed by atoms with Crippen molar-refractivity contribution in [2.24, 2.45) is 11.8 Å². The summed E-state index contributed by atoms with van der Waals surface area (Å²) in [5.74, 6) is 0.856. The number of carbonyl (C=O) groups excluding carboxylic acids is 3. The van der Waals surface area contributed by atoms with Gasteiger partial charge in [0.2, 0.25) is 0 Å². The van der Waals surface area contributed by atoms with Crippen LogP contribution >= 0.6 is 0 Å². The Bertz CT molecular complexity index is 813. The molecular formula is C47H90O6. The highest BCUT2D eigenvalue weighted by molar-refractivity contribution is 5.71. The van der Waals surface area contributed by atoms with E-state index in [4.69, 9.17) is 14.2 Å². The molecule has 0 amide bonds. The second kappa shape index (κ2) is 40.1. The van der Waals surface area contributed by atoms with Crippen LogP contribution in [0, 0.1) is 11.8 Å². The zero-order valence-electron chi connectivity index (χ0n) is 36.1. The highest BCUT2D eigenvalue weighted by Crippen LogP contribution is 2.17. The third-order valence-corrected chi connectivity index (χ3v) is 11.2. The summed E-state index contributed by atoms with van der Waals surface area (Å²) >= 11 is 0. The predicted octanol–water partition coefficient (Wildman–Crippen LogP) is 14.6. The minimum atomic E-state index is -0.760. The highest BCUT2D eigenvalue weighted by Gasteiger charge is 2.19. The Hall–Kier alpha value is -1.59. The number of hydrogen-bond donors (Lipinski definition) is 0. The van der Waals surface area contributed by atoms with Crippen molar-refractivity contribution in [3.63, 3.8) is 0 Å². The molecule has 6 heteroatoms. The zero-order valence-corrected chi connectivity index (χ0v) is 36.1. The molecule has 0 aromatic rings. The molecule has 314 valence electrons. The van der Waals surface area contributed by atoms with Crippen LogP contribution in [-0.2, 0) is 28.6 Å². The van der Waals surface area contributed by atoms with Gasteiger partial charge in [-0.25, -0.2) is 0 Å². The third kappa shape index (κ3) is 38.5. The van der Waals surface area contributed by atoms with Crippen molar-refractivity contribution in [3.8, 4) is 0 Å². The quantitative estimate of drug-likeness (QED) is 0.0352. The van der Waals surface area contributed by atoms with Gasteiger partial charge in [0.1, 0.15) is 13.2 Å². The van der Waals surface area contributed by atoms with E-state index in [-0.39, 0.29) is 31.1 Å². The Kier molecular flexibility index (Phi) is 38.9. The summed E-state index contributed by atoms with van der Waals surface area (Å²) in [7, 11) is 0. The van der Waals surface area contributed by atoms with Crippen LogP contribution in [0.15, 0.2) is 0 Å². The standard InChI is InChI=1S/C47H90O6/c1-6-9-10-11-12-15-22-27-32-37-45(48)51-40-44(41-52-46(49)38-33-28-23-19-18-21-26-31-36-43(5)8-3)53-47(50)39-34-29-24-17-14-13-16-20-25-30-35-42(4)7-2/h42-44H,6-41H2,1-5H3/t42?,43?,44-/m1/s1. The number of esters is 3. The SMILES string of the molecule is CCCCCCCCCCCC(=O)OC[C@H](COC(=O)CCCCCCCCCCC(C)CC)OC(=O)CCCCCCCCCCCCC(C)CC. The van der Waals surface area contributed by atoms with E-state index in [2.05, 4.69) is 34.6 Å². The first-order valence-corrected chi connectivity index (χ1v) is 23.3. The van der Waals surface area contributed by atoms with Crippen LogP contribution in [-0.4, -0.2) is 37.2 Å². The van der Waals surface area contributed by atoms with Crippen molar-refractivity contribution >= 4 is 17.9 Å². The first-order chi connectivity index (χ1) is 25.8. The van der Waals surface area contributed by atoms with Gasteiger partial charge < -0.3 is 14.2 Å². The van der Waals surface area contributed by atoms with Gasteiger partial charge in [0.25, 0.3) is 0 Å². The summed E-state index contributed by atoms with van der Waals surface area (Å²) in [6.07, 6.45) is 37.9. The van der Waals surface area contributed by atoms with E-state index in [9.17, 15) is 14.4 Å². The van der Waals surface area contributed by atoms with Crippen LogP contribution < -0.4 is 0 Å². The minimum absolute atomic E-state index is 0.0652. The van der Waals surface area contributed by atoms with Gasteiger partial charge in [0.05, 0.1) is 0 Å². The number of ether oxygens (including phenoxy) is 3. The maximum atomic E-state index is 12.7. The Labute approximate surface area is 329 Å². The molecule has 0 aromatic carbocycles. The van der Waals surface area contributed by atoms with Gasteiger partial charge in [0.15, 0.2) is 6.10 Å². The van der Waals surface area contributed by atoms with Gasteiger partial charge in [0, 0.05) is 19.3 Å². The topological polar surface area (TPSA) is 78.9 Å². The molecule has 6 nitrogen and oxygen atoms in total.